The third kappa shape index (κ3) is 2.76. The van der Waals surface area contributed by atoms with E-state index in [1.165, 1.54) is 0 Å². The predicted octanol–water partition coefficient (Wildman–Crippen LogP) is 2.83. The highest BCUT2D eigenvalue weighted by Crippen LogP contribution is 2.34. The number of aromatic amines is 1. The number of ether oxygens (including phenoxy) is 1. The topological polar surface area (TPSA) is 48.5 Å². The highest BCUT2D eigenvalue weighted by atomic mass is 35.5. The molecule has 1 aliphatic rings. The molecule has 0 spiro atoms. The van der Waals surface area contributed by atoms with E-state index in [0.29, 0.717) is 11.2 Å². The van der Waals surface area contributed by atoms with Crippen LogP contribution in [-0.4, -0.2) is 47.8 Å². The minimum Gasteiger partial charge on any atom is -0.496 e. The zero-order chi connectivity index (χ0) is 14.8. The second kappa shape index (κ2) is 6.26. The van der Waals surface area contributed by atoms with Crippen molar-refractivity contribution in [2.24, 2.45) is 0 Å². The molecule has 1 fully saturated rings. The highest BCUT2D eigenvalue weighted by molar-refractivity contribution is 6.32. The Labute approximate surface area is 129 Å². The summed E-state index contributed by atoms with van der Waals surface area (Å²) in [6.45, 7) is 2.21. The fourth-order valence-electron chi connectivity index (χ4n) is 3.31. The summed E-state index contributed by atoms with van der Waals surface area (Å²) in [5.74, 6) is 0.853. The summed E-state index contributed by atoms with van der Waals surface area (Å²) in [6, 6.07) is 6.23. The van der Waals surface area contributed by atoms with E-state index in [-0.39, 0.29) is 6.61 Å². The number of fused-ring (bicyclic) bond motifs is 1. The number of aromatic nitrogens is 1. The number of rotatable bonds is 5. The second-order valence-electron chi connectivity index (χ2n) is 5.56. The molecule has 0 amide bonds. The number of benzene rings is 1. The monoisotopic (exact) mass is 308 g/mol. The molecule has 2 aromatic rings. The summed E-state index contributed by atoms with van der Waals surface area (Å²) in [5.41, 5.74) is 2.11. The first kappa shape index (κ1) is 14.7. The Morgan fingerprint density at radius 2 is 2.33 bits per heavy atom. The Morgan fingerprint density at radius 3 is 3.10 bits per heavy atom. The van der Waals surface area contributed by atoms with Gasteiger partial charge in [-0.1, -0.05) is 17.7 Å². The van der Waals surface area contributed by atoms with Crippen molar-refractivity contribution >= 4 is 22.5 Å². The van der Waals surface area contributed by atoms with Crippen LogP contribution in [0.25, 0.3) is 10.9 Å². The summed E-state index contributed by atoms with van der Waals surface area (Å²) in [6.07, 6.45) is 3.10. The summed E-state index contributed by atoms with van der Waals surface area (Å²) in [7, 11) is 1.68. The maximum atomic E-state index is 9.41. The van der Waals surface area contributed by atoms with Crippen LogP contribution in [0, 0.1) is 0 Å². The highest BCUT2D eigenvalue weighted by Gasteiger charge is 2.24. The van der Waals surface area contributed by atoms with Gasteiger partial charge in [-0.05, 0) is 37.9 Å². The number of hydrogen-bond donors (Lipinski definition) is 2. The summed E-state index contributed by atoms with van der Waals surface area (Å²) in [4.78, 5) is 5.57. The number of methoxy groups -OCH3 is 1. The van der Waals surface area contributed by atoms with E-state index in [9.17, 15) is 5.11 Å². The smallest absolute Gasteiger partial charge is 0.128 e. The van der Waals surface area contributed by atoms with Crippen LogP contribution >= 0.6 is 11.6 Å². The average Bonchev–Trinajstić information content (AvgIpc) is 3.07. The van der Waals surface area contributed by atoms with Crippen LogP contribution in [0.3, 0.4) is 0 Å². The number of H-pyrrole nitrogens is 1. The molecule has 114 valence electrons. The third-order valence-electron chi connectivity index (χ3n) is 4.42. The molecular weight excluding hydrogens is 288 g/mol. The minimum atomic E-state index is 0.241. The molecule has 0 saturated carbocycles. The summed E-state index contributed by atoms with van der Waals surface area (Å²) < 4.78 is 5.46. The van der Waals surface area contributed by atoms with Crippen molar-refractivity contribution in [3.05, 3.63) is 28.9 Å². The van der Waals surface area contributed by atoms with Gasteiger partial charge < -0.3 is 14.8 Å². The molecule has 1 aromatic carbocycles. The Morgan fingerprint density at radius 1 is 1.48 bits per heavy atom. The van der Waals surface area contributed by atoms with Gasteiger partial charge in [0.25, 0.3) is 0 Å². The number of hydrogen-bond acceptors (Lipinski definition) is 3. The van der Waals surface area contributed by atoms with Gasteiger partial charge in [0, 0.05) is 23.5 Å². The predicted molar refractivity (Wildman–Crippen MR) is 85.2 cm³/mol. The fraction of sp³-hybridized carbons (Fsp3) is 0.500. The molecular formula is C16H21ClN2O2. The minimum absolute atomic E-state index is 0.241. The molecule has 0 bridgehead atoms. The largest absolute Gasteiger partial charge is 0.496 e. The molecule has 3 rings (SSSR count). The van der Waals surface area contributed by atoms with Crippen molar-refractivity contribution in [3.63, 3.8) is 0 Å². The SMILES string of the molecule is COc1cccc2[nH]c(Cl)c(CCN3CCCC3CO)c12. The molecule has 1 saturated heterocycles. The molecule has 1 aromatic heterocycles. The van der Waals surface area contributed by atoms with Gasteiger partial charge in [0.05, 0.1) is 19.2 Å². The van der Waals surface area contributed by atoms with Gasteiger partial charge in [0.1, 0.15) is 10.9 Å². The fourth-order valence-corrected chi connectivity index (χ4v) is 3.60. The lowest BCUT2D eigenvalue weighted by Gasteiger charge is -2.22. The van der Waals surface area contributed by atoms with E-state index >= 15 is 0 Å². The van der Waals surface area contributed by atoms with Crippen LogP contribution in [0.4, 0.5) is 0 Å². The van der Waals surface area contributed by atoms with Gasteiger partial charge in [-0.2, -0.15) is 0 Å². The van der Waals surface area contributed by atoms with E-state index in [2.05, 4.69) is 9.88 Å². The quantitative estimate of drug-likeness (QED) is 0.893. The number of aliphatic hydroxyl groups is 1. The van der Waals surface area contributed by atoms with E-state index in [1.807, 2.05) is 18.2 Å². The zero-order valence-electron chi connectivity index (χ0n) is 12.2. The molecule has 21 heavy (non-hydrogen) atoms. The standard InChI is InChI=1S/C16H21ClN2O2/c1-21-14-6-2-5-13-15(14)12(16(17)18-13)7-9-19-8-3-4-11(19)10-20/h2,5-6,11,18,20H,3-4,7-10H2,1H3. The molecule has 4 nitrogen and oxygen atoms in total. The van der Waals surface area contributed by atoms with Crippen LogP contribution in [0.1, 0.15) is 18.4 Å². The maximum Gasteiger partial charge on any atom is 0.128 e. The summed E-state index contributed by atoms with van der Waals surface area (Å²) in [5, 5.41) is 11.2. The van der Waals surface area contributed by atoms with Crippen molar-refractivity contribution < 1.29 is 9.84 Å². The maximum absolute atomic E-state index is 9.41. The number of aliphatic hydroxyl groups excluding tert-OH is 1. The van der Waals surface area contributed by atoms with E-state index < -0.39 is 0 Å². The van der Waals surface area contributed by atoms with E-state index in [4.69, 9.17) is 16.3 Å². The van der Waals surface area contributed by atoms with Gasteiger partial charge in [0.2, 0.25) is 0 Å². The molecule has 2 N–H and O–H groups in total. The van der Waals surface area contributed by atoms with Crippen LogP contribution in [-0.2, 0) is 6.42 Å². The van der Waals surface area contributed by atoms with Gasteiger partial charge >= 0.3 is 0 Å². The van der Waals surface area contributed by atoms with Gasteiger partial charge in [-0.15, -0.1) is 0 Å². The van der Waals surface area contributed by atoms with Crippen molar-refractivity contribution in [1.82, 2.24) is 9.88 Å². The summed E-state index contributed by atoms with van der Waals surface area (Å²) >= 11 is 6.37. The number of likely N-dealkylation sites (tertiary alicyclic amines) is 1. The lowest BCUT2D eigenvalue weighted by molar-refractivity contribution is 0.160. The van der Waals surface area contributed by atoms with Crippen LogP contribution in [0.5, 0.6) is 5.75 Å². The number of halogens is 1. The molecule has 1 aliphatic heterocycles. The Kier molecular flexibility index (Phi) is 4.38. The van der Waals surface area contributed by atoms with Crippen molar-refractivity contribution in [2.75, 3.05) is 26.8 Å². The molecule has 5 heteroatoms. The van der Waals surface area contributed by atoms with Gasteiger partial charge in [-0.3, -0.25) is 4.90 Å². The zero-order valence-corrected chi connectivity index (χ0v) is 13.0. The molecule has 2 heterocycles. The first-order valence-corrected chi connectivity index (χ1v) is 7.80. The first-order chi connectivity index (χ1) is 10.2. The van der Waals surface area contributed by atoms with Crippen molar-refractivity contribution in [1.29, 1.82) is 0 Å². The van der Waals surface area contributed by atoms with Gasteiger partial charge in [-0.25, -0.2) is 0 Å². The second-order valence-corrected chi connectivity index (χ2v) is 5.94. The number of nitrogens with one attached hydrogen (secondary N) is 1. The molecule has 1 unspecified atom stereocenters. The Bertz CT molecular complexity index is 626. The molecule has 0 radical (unpaired) electrons. The van der Waals surface area contributed by atoms with E-state index in [0.717, 1.165) is 54.6 Å². The van der Waals surface area contributed by atoms with Gasteiger partial charge in [0.15, 0.2) is 0 Å². The molecule has 1 atom stereocenters. The van der Waals surface area contributed by atoms with Crippen molar-refractivity contribution in [2.45, 2.75) is 25.3 Å². The Balaban J connectivity index is 1.85. The Hall–Kier alpha value is -1.23. The lowest BCUT2D eigenvalue weighted by atomic mass is 10.1. The van der Waals surface area contributed by atoms with Crippen molar-refractivity contribution in [3.8, 4) is 5.75 Å². The average molecular weight is 309 g/mol. The number of nitrogens with zero attached hydrogens (tertiary/aromatic N) is 1. The lowest BCUT2D eigenvalue weighted by Crippen LogP contribution is -2.33. The van der Waals surface area contributed by atoms with Crippen LogP contribution in [0.15, 0.2) is 18.2 Å². The van der Waals surface area contributed by atoms with E-state index in [1.54, 1.807) is 7.11 Å². The van der Waals surface area contributed by atoms with Crippen LogP contribution < -0.4 is 4.74 Å². The molecule has 0 aliphatic carbocycles. The first-order valence-electron chi connectivity index (χ1n) is 7.42. The third-order valence-corrected chi connectivity index (χ3v) is 4.74. The normalized spacial score (nSPS) is 19.5. The van der Waals surface area contributed by atoms with Crippen LogP contribution in [0.2, 0.25) is 5.15 Å².